The smallest absolute Gasteiger partial charge is 0.327 e. The maximum Gasteiger partial charge on any atom is 0.345 e. The van der Waals surface area contributed by atoms with Crippen molar-refractivity contribution >= 4 is 8.60 Å². The molecular weight excluding hydrogens is 105 g/mol. The fourth-order valence-corrected chi connectivity index (χ4v) is 0.245. The van der Waals surface area contributed by atoms with Crippen LogP contribution < -0.4 is 5.48 Å². The van der Waals surface area contributed by atoms with Crippen molar-refractivity contribution < 1.29 is 14.4 Å². The lowest BCUT2D eigenvalue weighted by Crippen LogP contribution is -2.00. The number of hydrogen-bond acceptors (Lipinski definition) is 4. The second-order valence-corrected chi connectivity index (χ2v) is 1.24. The van der Waals surface area contributed by atoms with E-state index in [1.165, 1.54) is 7.05 Å². The lowest BCUT2D eigenvalue weighted by atomic mass is 11.6. The first-order valence-corrected chi connectivity index (χ1v) is 2.45. The third kappa shape index (κ3) is 4.27. The Kier molecular flexibility index (Phi) is 3.62. The number of hydrogen-bond donors (Lipinski definition) is 3. The molecule has 0 aromatic carbocycles. The lowest BCUT2D eigenvalue weighted by Gasteiger charge is -1.95. The normalized spacial score (nSPS) is 10.0. The lowest BCUT2D eigenvalue weighted by molar-refractivity contribution is 0.185. The van der Waals surface area contributed by atoms with Gasteiger partial charge in [0.05, 0.1) is 0 Å². The molecule has 4 nitrogen and oxygen atoms in total. The quantitative estimate of drug-likeness (QED) is 0.327. The van der Waals surface area contributed by atoms with E-state index in [2.05, 4.69) is 10.1 Å². The first kappa shape index (κ1) is 6.27. The fraction of sp³-hybridized carbons (Fsp3) is 1.00. The maximum absolute atomic E-state index is 7.89. The zero-order chi connectivity index (χ0) is 4.99. The molecule has 0 saturated heterocycles. The Morgan fingerprint density at radius 3 is 2.17 bits per heavy atom. The molecule has 0 radical (unpaired) electrons. The molecule has 0 aromatic heterocycles. The molecule has 6 heavy (non-hydrogen) atoms. The van der Waals surface area contributed by atoms with Crippen LogP contribution in [0.15, 0.2) is 0 Å². The second kappa shape index (κ2) is 3.46. The van der Waals surface area contributed by atoms with Crippen LogP contribution in [0.5, 0.6) is 0 Å². The first-order chi connectivity index (χ1) is 2.77. The van der Waals surface area contributed by atoms with Gasteiger partial charge >= 0.3 is 8.60 Å². The van der Waals surface area contributed by atoms with Crippen molar-refractivity contribution in [2.24, 2.45) is 0 Å². The van der Waals surface area contributed by atoms with Gasteiger partial charge in [-0.3, -0.25) is 0 Å². The van der Waals surface area contributed by atoms with Crippen LogP contribution in [-0.4, -0.2) is 16.8 Å². The topological polar surface area (TPSA) is 61.7 Å². The summed E-state index contributed by atoms with van der Waals surface area (Å²) < 4.78 is 3.97. The molecule has 0 atom stereocenters. The van der Waals surface area contributed by atoms with Crippen molar-refractivity contribution in [3.05, 3.63) is 0 Å². The SMILES string of the molecule is CNOP(O)O. The third-order valence-electron chi connectivity index (χ3n) is 0.173. The zero-order valence-corrected chi connectivity index (χ0v) is 4.14. The third-order valence-corrected chi connectivity index (χ3v) is 0.519. The Morgan fingerprint density at radius 2 is 2.17 bits per heavy atom. The average molecular weight is 111 g/mol. The van der Waals surface area contributed by atoms with Crippen LogP contribution in [0.3, 0.4) is 0 Å². The monoisotopic (exact) mass is 111 g/mol. The van der Waals surface area contributed by atoms with Crippen molar-refractivity contribution in [3.8, 4) is 0 Å². The van der Waals surface area contributed by atoms with Gasteiger partial charge in [0, 0.05) is 7.05 Å². The van der Waals surface area contributed by atoms with E-state index in [0.29, 0.717) is 0 Å². The van der Waals surface area contributed by atoms with E-state index in [0.717, 1.165) is 0 Å². The van der Waals surface area contributed by atoms with E-state index in [1.54, 1.807) is 0 Å². The van der Waals surface area contributed by atoms with E-state index in [1.807, 2.05) is 0 Å². The molecule has 3 N–H and O–H groups in total. The fourth-order valence-electron chi connectivity index (χ4n) is 0.0816. The summed E-state index contributed by atoms with van der Waals surface area (Å²) in [6.07, 6.45) is 0. The van der Waals surface area contributed by atoms with E-state index in [4.69, 9.17) is 9.79 Å². The summed E-state index contributed by atoms with van der Waals surface area (Å²) in [6.45, 7) is 0. The first-order valence-electron chi connectivity index (χ1n) is 1.29. The Hall–Kier alpha value is 0.270. The predicted octanol–water partition coefficient (Wildman–Crippen LogP) is -0.651. The van der Waals surface area contributed by atoms with Crippen LogP contribution in [0.4, 0.5) is 0 Å². The summed E-state index contributed by atoms with van der Waals surface area (Å²) in [7, 11) is -0.765. The predicted molar refractivity (Wildman–Crippen MR) is 21.5 cm³/mol. The van der Waals surface area contributed by atoms with E-state index in [-0.39, 0.29) is 0 Å². The molecule has 0 rings (SSSR count). The largest absolute Gasteiger partial charge is 0.345 e. The Bertz CT molecular complexity index is 32.0. The molecule has 0 heterocycles. The van der Waals surface area contributed by atoms with Gasteiger partial charge in [0.15, 0.2) is 0 Å². The standard InChI is InChI=1S/CH6NO3P/c1-2-5-6(3)4/h2-4H,1H3. The number of hydroxylamine groups is 1. The average Bonchev–Trinajstić information content (AvgIpc) is 1.35. The molecule has 0 aliphatic rings. The molecule has 38 valence electrons. The van der Waals surface area contributed by atoms with Crippen molar-refractivity contribution in [1.29, 1.82) is 0 Å². The van der Waals surface area contributed by atoms with E-state index in [9.17, 15) is 0 Å². The number of rotatable bonds is 2. The molecule has 0 saturated carbocycles. The van der Waals surface area contributed by atoms with Gasteiger partial charge in [-0.25, -0.2) is 4.62 Å². The van der Waals surface area contributed by atoms with Crippen molar-refractivity contribution in [1.82, 2.24) is 5.48 Å². The van der Waals surface area contributed by atoms with Crippen LogP contribution in [-0.2, 0) is 4.62 Å². The van der Waals surface area contributed by atoms with E-state index >= 15 is 0 Å². The van der Waals surface area contributed by atoms with Gasteiger partial charge in [-0.2, -0.15) is 5.48 Å². The van der Waals surface area contributed by atoms with Gasteiger partial charge in [-0.15, -0.1) is 0 Å². The summed E-state index contributed by atoms with van der Waals surface area (Å²) >= 11 is 0. The number of nitrogens with one attached hydrogen (secondary N) is 1. The highest BCUT2D eigenvalue weighted by atomic mass is 31.2. The summed E-state index contributed by atoms with van der Waals surface area (Å²) in [5.41, 5.74) is 2.10. The van der Waals surface area contributed by atoms with Crippen molar-refractivity contribution in [2.75, 3.05) is 7.05 Å². The van der Waals surface area contributed by atoms with Gasteiger partial charge in [0.25, 0.3) is 0 Å². The minimum Gasteiger partial charge on any atom is -0.327 e. The summed E-state index contributed by atoms with van der Waals surface area (Å²) in [5, 5.41) is 0. The molecule has 0 aliphatic carbocycles. The molecule has 0 fully saturated rings. The van der Waals surface area contributed by atoms with Crippen LogP contribution in [0.1, 0.15) is 0 Å². The Labute approximate surface area is 36.7 Å². The molecule has 0 amide bonds. The molecule has 0 aromatic rings. The van der Waals surface area contributed by atoms with Gasteiger partial charge < -0.3 is 9.79 Å². The van der Waals surface area contributed by atoms with Crippen LogP contribution in [0, 0.1) is 0 Å². The Balaban J connectivity index is 2.63. The van der Waals surface area contributed by atoms with Gasteiger partial charge in [0.1, 0.15) is 0 Å². The second-order valence-electron chi connectivity index (χ2n) is 0.548. The van der Waals surface area contributed by atoms with Crippen LogP contribution >= 0.6 is 8.60 Å². The van der Waals surface area contributed by atoms with Gasteiger partial charge in [-0.05, 0) is 0 Å². The molecule has 0 bridgehead atoms. The molecular formula is CH6NO3P. The van der Waals surface area contributed by atoms with Crippen LogP contribution in [0.2, 0.25) is 0 Å². The molecule has 0 aliphatic heterocycles. The highest BCUT2D eigenvalue weighted by Gasteiger charge is 1.91. The Morgan fingerprint density at radius 1 is 1.67 bits per heavy atom. The molecule has 0 unspecified atom stereocenters. The van der Waals surface area contributed by atoms with Crippen LogP contribution in [0.25, 0.3) is 0 Å². The van der Waals surface area contributed by atoms with Gasteiger partial charge in [0.2, 0.25) is 0 Å². The molecule has 0 spiro atoms. The summed E-state index contributed by atoms with van der Waals surface area (Å²) in [6, 6.07) is 0. The maximum atomic E-state index is 7.89. The summed E-state index contributed by atoms with van der Waals surface area (Å²) in [4.78, 5) is 15.8. The highest BCUT2D eigenvalue weighted by Crippen LogP contribution is 2.20. The van der Waals surface area contributed by atoms with Crippen molar-refractivity contribution in [3.63, 3.8) is 0 Å². The summed E-state index contributed by atoms with van der Waals surface area (Å²) in [5.74, 6) is 0. The zero-order valence-electron chi connectivity index (χ0n) is 3.25. The highest BCUT2D eigenvalue weighted by molar-refractivity contribution is 7.39. The minimum absolute atomic E-state index is 1.45. The van der Waals surface area contributed by atoms with E-state index < -0.39 is 8.60 Å². The molecule has 5 heteroatoms. The van der Waals surface area contributed by atoms with Gasteiger partial charge in [-0.1, -0.05) is 0 Å². The van der Waals surface area contributed by atoms with Crippen molar-refractivity contribution in [2.45, 2.75) is 0 Å². The minimum atomic E-state index is -2.21.